The fraction of sp³-hybridized carbons (Fsp3) is 0.500. The van der Waals surface area contributed by atoms with Crippen molar-refractivity contribution in [2.24, 2.45) is 0 Å². The normalized spacial score (nSPS) is 10.9. The lowest BCUT2D eigenvalue weighted by Crippen LogP contribution is -2.12. The van der Waals surface area contributed by atoms with Gasteiger partial charge in [0.2, 0.25) is 0 Å². The van der Waals surface area contributed by atoms with Crippen LogP contribution in [0.1, 0.15) is 19.4 Å². The number of hydrogen-bond acceptors (Lipinski definition) is 2. The maximum atomic E-state index is 13.5. The van der Waals surface area contributed by atoms with Crippen LogP contribution in [0.5, 0.6) is 5.75 Å². The molecule has 1 rings (SSSR count). The summed E-state index contributed by atoms with van der Waals surface area (Å²) in [5.41, 5.74) is 0.533. The van der Waals surface area contributed by atoms with Crippen molar-refractivity contribution in [3.8, 4) is 5.75 Å². The quantitative estimate of drug-likeness (QED) is 0.590. The molecule has 17 heavy (non-hydrogen) atoms. The second-order valence-corrected chi connectivity index (χ2v) is 4.35. The first-order valence-corrected chi connectivity index (χ1v) is 6.45. The summed E-state index contributed by atoms with van der Waals surface area (Å²) >= 11 is 3.14. The van der Waals surface area contributed by atoms with E-state index in [4.69, 9.17) is 9.47 Å². The lowest BCUT2D eigenvalue weighted by Gasteiger charge is -2.11. The first-order chi connectivity index (χ1) is 8.04. The van der Waals surface area contributed by atoms with Gasteiger partial charge in [0, 0.05) is 5.33 Å². The van der Waals surface area contributed by atoms with Gasteiger partial charge in [-0.1, -0.05) is 15.9 Å². The van der Waals surface area contributed by atoms with Gasteiger partial charge in [0.25, 0.3) is 0 Å². The number of benzene rings is 1. The van der Waals surface area contributed by atoms with Gasteiger partial charge in [-0.25, -0.2) is 8.78 Å². The van der Waals surface area contributed by atoms with Gasteiger partial charge in [-0.05, 0) is 31.5 Å². The smallest absolute Gasteiger partial charge is 0.190 e. The van der Waals surface area contributed by atoms with Crippen LogP contribution in [0.3, 0.4) is 0 Å². The SMILES string of the molecule is CC(C)OCCOc1c(F)cc(CBr)cc1F. The van der Waals surface area contributed by atoms with Crippen molar-refractivity contribution in [1.29, 1.82) is 0 Å². The zero-order chi connectivity index (χ0) is 12.8. The van der Waals surface area contributed by atoms with Crippen LogP contribution in [0.25, 0.3) is 0 Å². The molecule has 0 aliphatic rings. The van der Waals surface area contributed by atoms with Crippen LogP contribution in [-0.2, 0) is 10.1 Å². The Hall–Kier alpha value is -0.680. The van der Waals surface area contributed by atoms with Crippen LogP contribution >= 0.6 is 15.9 Å². The third kappa shape index (κ3) is 4.60. The van der Waals surface area contributed by atoms with Crippen molar-refractivity contribution in [3.05, 3.63) is 29.3 Å². The largest absolute Gasteiger partial charge is 0.485 e. The van der Waals surface area contributed by atoms with Crippen molar-refractivity contribution >= 4 is 15.9 Å². The summed E-state index contributed by atoms with van der Waals surface area (Å²) in [7, 11) is 0. The Bertz CT molecular complexity index is 347. The van der Waals surface area contributed by atoms with E-state index in [2.05, 4.69) is 15.9 Å². The molecule has 0 N–H and O–H groups in total. The van der Waals surface area contributed by atoms with Gasteiger partial charge in [0.15, 0.2) is 17.4 Å². The standard InChI is InChI=1S/C12H15BrF2O2/c1-8(2)16-3-4-17-12-10(14)5-9(7-13)6-11(12)15/h5-6,8H,3-4,7H2,1-2H3. The van der Waals surface area contributed by atoms with Crippen LogP contribution in [0.2, 0.25) is 0 Å². The molecule has 0 aliphatic heterocycles. The second kappa shape index (κ2) is 6.91. The van der Waals surface area contributed by atoms with Gasteiger partial charge in [-0.15, -0.1) is 0 Å². The van der Waals surface area contributed by atoms with E-state index < -0.39 is 11.6 Å². The van der Waals surface area contributed by atoms with Crippen molar-refractivity contribution in [2.75, 3.05) is 13.2 Å². The minimum Gasteiger partial charge on any atom is -0.485 e. The van der Waals surface area contributed by atoms with Crippen LogP contribution in [0.4, 0.5) is 8.78 Å². The second-order valence-electron chi connectivity index (χ2n) is 3.79. The predicted octanol–water partition coefficient (Wildman–Crippen LogP) is 3.66. The maximum absolute atomic E-state index is 13.5. The highest BCUT2D eigenvalue weighted by molar-refractivity contribution is 9.08. The first-order valence-electron chi connectivity index (χ1n) is 5.33. The van der Waals surface area contributed by atoms with Gasteiger partial charge in [-0.3, -0.25) is 0 Å². The summed E-state index contributed by atoms with van der Waals surface area (Å²) in [6.07, 6.45) is 0.0732. The summed E-state index contributed by atoms with van der Waals surface area (Å²) in [6.45, 7) is 4.19. The lowest BCUT2D eigenvalue weighted by molar-refractivity contribution is 0.0535. The average molecular weight is 309 g/mol. The molecule has 0 unspecified atom stereocenters. The van der Waals surface area contributed by atoms with E-state index in [9.17, 15) is 8.78 Å². The molecule has 0 atom stereocenters. The van der Waals surface area contributed by atoms with E-state index in [1.54, 1.807) is 0 Å². The van der Waals surface area contributed by atoms with Gasteiger partial charge < -0.3 is 9.47 Å². The third-order valence-electron chi connectivity index (χ3n) is 1.99. The van der Waals surface area contributed by atoms with Crippen LogP contribution in [-0.4, -0.2) is 19.3 Å². The van der Waals surface area contributed by atoms with Gasteiger partial charge in [0.1, 0.15) is 6.61 Å². The summed E-state index contributed by atoms with van der Waals surface area (Å²) in [6, 6.07) is 2.49. The van der Waals surface area contributed by atoms with E-state index >= 15 is 0 Å². The Balaban J connectivity index is 2.59. The van der Waals surface area contributed by atoms with Crippen LogP contribution in [0, 0.1) is 11.6 Å². The minimum absolute atomic E-state index is 0.0732. The van der Waals surface area contributed by atoms with Crippen LogP contribution in [0.15, 0.2) is 12.1 Å². The first kappa shape index (κ1) is 14.4. The molecule has 1 aromatic carbocycles. The van der Waals surface area contributed by atoms with E-state index in [-0.39, 0.29) is 18.5 Å². The monoisotopic (exact) mass is 308 g/mol. The zero-order valence-corrected chi connectivity index (χ0v) is 11.4. The molecule has 0 radical (unpaired) electrons. The summed E-state index contributed by atoms with van der Waals surface area (Å²) in [4.78, 5) is 0. The van der Waals surface area contributed by atoms with Gasteiger partial charge >= 0.3 is 0 Å². The molecule has 0 aliphatic carbocycles. The van der Waals surface area contributed by atoms with Crippen molar-refractivity contribution in [2.45, 2.75) is 25.3 Å². The molecule has 2 nitrogen and oxygen atoms in total. The third-order valence-corrected chi connectivity index (χ3v) is 2.64. The lowest BCUT2D eigenvalue weighted by atomic mass is 10.2. The van der Waals surface area contributed by atoms with Crippen LogP contribution < -0.4 is 4.74 Å². The molecule has 0 saturated heterocycles. The predicted molar refractivity (Wildman–Crippen MR) is 65.6 cm³/mol. The molecular formula is C12H15BrF2O2. The fourth-order valence-electron chi connectivity index (χ4n) is 1.25. The molecule has 0 spiro atoms. The highest BCUT2D eigenvalue weighted by Gasteiger charge is 2.12. The molecule has 96 valence electrons. The molecule has 0 heterocycles. The molecular weight excluding hydrogens is 294 g/mol. The van der Waals surface area contributed by atoms with Gasteiger partial charge in [-0.2, -0.15) is 0 Å². The van der Waals surface area contributed by atoms with E-state index in [1.807, 2.05) is 13.8 Å². The zero-order valence-electron chi connectivity index (χ0n) is 9.80. The van der Waals surface area contributed by atoms with E-state index in [0.29, 0.717) is 17.5 Å². The number of hydrogen-bond donors (Lipinski definition) is 0. The topological polar surface area (TPSA) is 18.5 Å². The molecule has 0 bridgehead atoms. The molecule has 0 aromatic heterocycles. The molecule has 0 amide bonds. The fourth-order valence-corrected chi connectivity index (χ4v) is 1.58. The molecule has 1 aromatic rings. The number of halogens is 3. The minimum atomic E-state index is -0.691. The molecule has 0 fully saturated rings. The van der Waals surface area contributed by atoms with Gasteiger partial charge in [0.05, 0.1) is 12.7 Å². The Labute approximate surface area is 108 Å². The number of rotatable bonds is 6. The number of ether oxygens (including phenoxy) is 2. The highest BCUT2D eigenvalue weighted by Crippen LogP contribution is 2.24. The summed E-state index contributed by atoms with van der Waals surface area (Å²) in [5, 5.41) is 0.400. The van der Waals surface area contributed by atoms with E-state index in [1.165, 1.54) is 12.1 Å². The summed E-state index contributed by atoms with van der Waals surface area (Å²) < 4.78 is 37.2. The maximum Gasteiger partial charge on any atom is 0.190 e. The molecule has 0 saturated carbocycles. The van der Waals surface area contributed by atoms with Crippen molar-refractivity contribution < 1.29 is 18.3 Å². The Morgan fingerprint density at radius 2 is 1.76 bits per heavy atom. The number of alkyl halides is 1. The van der Waals surface area contributed by atoms with E-state index in [0.717, 1.165) is 0 Å². The van der Waals surface area contributed by atoms with Crippen molar-refractivity contribution in [3.63, 3.8) is 0 Å². The highest BCUT2D eigenvalue weighted by atomic mass is 79.9. The summed E-state index contributed by atoms with van der Waals surface area (Å²) in [5.74, 6) is -1.73. The average Bonchev–Trinajstić information content (AvgIpc) is 2.26. The Morgan fingerprint density at radius 1 is 1.18 bits per heavy atom. The Kier molecular flexibility index (Phi) is 5.85. The molecule has 5 heteroatoms. The van der Waals surface area contributed by atoms with Crippen molar-refractivity contribution in [1.82, 2.24) is 0 Å². The Morgan fingerprint density at radius 3 is 2.24 bits per heavy atom.